The van der Waals surface area contributed by atoms with Crippen molar-refractivity contribution in [3.05, 3.63) is 70.6 Å². The Morgan fingerprint density at radius 1 is 1.05 bits per heavy atom. The Morgan fingerprint density at radius 2 is 1.73 bits per heavy atom. The summed E-state index contributed by atoms with van der Waals surface area (Å²) < 4.78 is 14.7. The van der Waals surface area contributed by atoms with Gasteiger partial charge in [-0.05, 0) is 29.8 Å². The average Bonchev–Trinajstić information content (AvgIpc) is 2.93. The lowest BCUT2D eigenvalue weighted by atomic mass is 10.1. The number of benzene rings is 2. The van der Waals surface area contributed by atoms with Crippen LogP contribution in [0.15, 0.2) is 48.5 Å². The number of nitrogens with zero attached hydrogens (tertiary/aromatic N) is 3. The highest BCUT2D eigenvalue weighted by molar-refractivity contribution is 6.30. The third kappa shape index (κ3) is 3.00. The quantitative estimate of drug-likeness (QED) is 0.803. The normalized spacial score (nSPS) is 10.9. The Kier molecular flexibility index (Phi) is 4.18. The summed E-state index contributed by atoms with van der Waals surface area (Å²) in [4.78, 5) is 0. The Balaban J connectivity index is 1.99. The Labute approximate surface area is 131 Å². The molecule has 1 aromatic heterocycles. The number of aromatic nitrogens is 3. The van der Waals surface area contributed by atoms with E-state index in [2.05, 4.69) is 10.3 Å². The molecule has 0 fully saturated rings. The SMILES string of the molecule is OCc1nnn(Cc2ccc(F)cc2)c1-c1ccc(Cl)cc1. The summed E-state index contributed by atoms with van der Waals surface area (Å²) in [5.74, 6) is -0.281. The van der Waals surface area contributed by atoms with Crippen molar-refractivity contribution in [2.75, 3.05) is 0 Å². The van der Waals surface area contributed by atoms with E-state index in [0.29, 0.717) is 17.3 Å². The molecule has 112 valence electrons. The second-order valence-electron chi connectivity index (χ2n) is 4.83. The van der Waals surface area contributed by atoms with Gasteiger partial charge in [-0.15, -0.1) is 5.10 Å². The molecule has 2 aromatic carbocycles. The van der Waals surface area contributed by atoms with E-state index in [-0.39, 0.29) is 12.4 Å². The van der Waals surface area contributed by atoms with Crippen molar-refractivity contribution in [3.8, 4) is 11.3 Å². The molecule has 1 N–H and O–H groups in total. The fourth-order valence-corrected chi connectivity index (χ4v) is 2.38. The number of aliphatic hydroxyl groups is 1. The van der Waals surface area contributed by atoms with Gasteiger partial charge in [0, 0.05) is 10.6 Å². The van der Waals surface area contributed by atoms with Crippen molar-refractivity contribution in [3.63, 3.8) is 0 Å². The summed E-state index contributed by atoms with van der Waals surface area (Å²) in [6.45, 7) is 0.229. The van der Waals surface area contributed by atoms with E-state index in [1.165, 1.54) is 12.1 Å². The molecule has 4 nitrogen and oxygen atoms in total. The molecule has 0 radical (unpaired) electrons. The highest BCUT2D eigenvalue weighted by Crippen LogP contribution is 2.25. The van der Waals surface area contributed by atoms with E-state index >= 15 is 0 Å². The molecule has 0 saturated heterocycles. The molecule has 0 saturated carbocycles. The zero-order valence-electron chi connectivity index (χ0n) is 11.6. The first-order chi connectivity index (χ1) is 10.7. The number of hydrogen-bond acceptors (Lipinski definition) is 3. The summed E-state index contributed by atoms with van der Waals surface area (Å²) in [5.41, 5.74) is 2.97. The minimum atomic E-state index is -0.281. The van der Waals surface area contributed by atoms with Gasteiger partial charge >= 0.3 is 0 Å². The summed E-state index contributed by atoms with van der Waals surface area (Å²) in [7, 11) is 0. The number of hydrogen-bond donors (Lipinski definition) is 1. The molecular formula is C16H13ClFN3O. The summed E-state index contributed by atoms with van der Waals surface area (Å²) in [6.07, 6.45) is 0. The molecule has 0 aliphatic carbocycles. The maximum atomic E-state index is 13.0. The van der Waals surface area contributed by atoms with E-state index < -0.39 is 0 Å². The van der Waals surface area contributed by atoms with Crippen LogP contribution in [0.3, 0.4) is 0 Å². The molecular weight excluding hydrogens is 305 g/mol. The number of aliphatic hydroxyl groups excluding tert-OH is 1. The average molecular weight is 318 g/mol. The van der Waals surface area contributed by atoms with Crippen LogP contribution in [0.4, 0.5) is 4.39 Å². The van der Waals surface area contributed by atoms with Crippen LogP contribution < -0.4 is 0 Å². The molecule has 0 amide bonds. The monoisotopic (exact) mass is 317 g/mol. The third-order valence-corrected chi connectivity index (χ3v) is 3.57. The molecule has 0 aliphatic heterocycles. The Bertz CT molecular complexity index is 769. The van der Waals surface area contributed by atoms with Gasteiger partial charge in [0.15, 0.2) is 0 Å². The van der Waals surface area contributed by atoms with Crippen LogP contribution in [0.2, 0.25) is 5.02 Å². The van der Waals surface area contributed by atoms with Crippen molar-refractivity contribution in [2.24, 2.45) is 0 Å². The fraction of sp³-hybridized carbons (Fsp3) is 0.125. The zero-order chi connectivity index (χ0) is 15.5. The Morgan fingerprint density at radius 3 is 2.36 bits per heavy atom. The standard InChI is InChI=1S/C16H13ClFN3O/c17-13-5-3-12(4-6-13)16-15(10-22)19-20-21(16)9-11-1-7-14(18)8-2-11/h1-8,22H,9-10H2. The lowest BCUT2D eigenvalue weighted by Gasteiger charge is -2.08. The summed E-state index contributed by atoms with van der Waals surface area (Å²) in [6, 6.07) is 13.4. The van der Waals surface area contributed by atoms with Crippen LogP contribution in [-0.4, -0.2) is 20.1 Å². The van der Waals surface area contributed by atoms with Crippen LogP contribution in [-0.2, 0) is 13.2 Å². The maximum absolute atomic E-state index is 13.0. The van der Waals surface area contributed by atoms with Gasteiger partial charge in [-0.25, -0.2) is 9.07 Å². The lowest BCUT2D eigenvalue weighted by Crippen LogP contribution is -2.04. The van der Waals surface area contributed by atoms with Gasteiger partial charge in [0.25, 0.3) is 0 Å². The fourth-order valence-electron chi connectivity index (χ4n) is 2.25. The van der Waals surface area contributed by atoms with E-state index in [1.54, 1.807) is 28.9 Å². The second-order valence-corrected chi connectivity index (χ2v) is 5.27. The highest BCUT2D eigenvalue weighted by Gasteiger charge is 2.14. The van der Waals surface area contributed by atoms with Gasteiger partial charge in [0.05, 0.1) is 18.8 Å². The minimum absolute atomic E-state index is 0.207. The van der Waals surface area contributed by atoms with Crippen molar-refractivity contribution < 1.29 is 9.50 Å². The van der Waals surface area contributed by atoms with Crippen LogP contribution in [0.5, 0.6) is 0 Å². The topological polar surface area (TPSA) is 50.9 Å². The van der Waals surface area contributed by atoms with Crippen LogP contribution in [0.1, 0.15) is 11.3 Å². The smallest absolute Gasteiger partial charge is 0.123 e. The molecule has 0 bridgehead atoms. The van der Waals surface area contributed by atoms with E-state index in [1.807, 2.05) is 12.1 Å². The van der Waals surface area contributed by atoms with Gasteiger partial charge in [0.2, 0.25) is 0 Å². The van der Waals surface area contributed by atoms with E-state index in [4.69, 9.17) is 11.6 Å². The van der Waals surface area contributed by atoms with Crippen molar-refractivity contribution in [1.29, 1.82) is 0 Å². The van der Waals surface area contributed by atoms with Gasteiger partial charge in [-0.2, -0.15) is 0 Å². The minimum Gasteiger partial charge on any atom is -0.390 e. The van der Waals surface area contributed by atoms with Gasteiger partial charge in [-0.1, -0.05) is 41.1 Å². The first-order valence-electron chi connectivity index (χ1n) is 6.71. The van der Waals surface area contributed by atoms with Crippen molar-refractivity contribution >= 4 is 11.6 Å². The second kappa shape index (κ2) is 6.25. The first kappa shape index (κ1) is 14.7. The van der Waals surface area contributed by atoms with Crippen molar-refractivity contribution in [1.82, 2.24) is 15.0 Å². The largest absolute Gasteiger partial charge is 0.390 e. The molecule has 6 heteroatoms. The van der Waals surface area contributed by atoms with Gasteiger partial charge in [-0.3, -0.25) is 0 Å². The van der Waals surface area contributed by atoms with Crippen molar-refractivity contribution in [2.45, 2.75) is 13.2 Å². The van der Waals surface area contributed by atoms with Gasteiger partial charge < -0.3 is 5.11 Å². The number of rotatable bonds is 4. The molecule has 0 atom stereocenters. The predicted octanol–water partition coefficient (Wildman–Crippen LogP) is 3.28. The van der Waals surface area contributed by atoms with Crippen LogP contribution >= 0.6 is 11.6 Å². The molecule has 3 aromatic rings. The zero-order valence-corrected chi connectivity index (χ0v) is 12.3. The third-order valence-electron chi connectivity index (χ3n) is 3.32. The maximum Gasteiger partial charge on any atom is 0.123 e. The van der Waals surface area contributed by atoms with Crippen LogP contribution in [0.25, 0.3) is 11.3 Å². The summed E-state index contributed by atoms with van der Waals surface area (Å²) >= 11 is 5.91. The molecule has 0 aliphatic rings. The van der Waals surface area contributed by atoms with Gasteiger partial charge in [0.1, 0.15) is 11.5 Å². The predicted molar refractivity (Wildman–Crippen MR) is 81.9 cm³/mol. The Hall–Kier alpha value is -2.24. The van der Waals surface area contributed by atoms with Crippen LogP contribution in [0, 0.1) is 5.82 Å². The van der Waals surface area contributed by atoms with E-state index in [9.17, 15) is 9.50 Å². The summed E-state index contributed by atoms with van der Waals surface area (Å²) in [5, 5.41) is 18.2. The highest BCUT2D eigenvalue weighted by atomic mass is 35.5. The molecule has 3 rings (SSSR count). The molecule has 0 unspecified atom stereocenters. The van der Waals surface area contributed by atoms with E-state index in [0.717, 1.165) is 16.8 Å². The first-order valence-corrected chi connectivity index (χ1v) is 7.09. The molecule has 1 heterocycles. The molecule has 0 spiro atoms. The lowest BCUT2D eigenvalue weighted by molar-refractivity contribution is 0.277. The molecule has 22 heavy (non-hydrogen) atoms. The number of halogens is 2.